The fourth-order valence-electron chi connectivity index (χ4n) is 3.39. The molecule has 4 nitrogen and oxygen atoms in total. The third-order valence-electron chi connectivity index (χ3n) is 4.53. The highest BCUT2D eigenvalue weighted by Crippen LogP contribution is 2.26. The Morgan fingerprint density at radius 3 is 2.33 bits per heavy atom. The largest absolute Gasteiger partial charge is 0.480 e. The fourth-order valence-corrected chi connectivity index (χ4v) is 3.39. The summed E-state index contributed by atoms with van der Waals surface area (Å²) in [7, 11) is 0. The van der Waals surface area contributed by atoms with E-state index in [0.29, 0.717) is 12.1 Å². The standard InChI is InChI=1S/C14H26N2O2/c1-11(2)15-9-6-12(7-10-15)16-8-4-3-5-13(16)14(17)18/h11-13H,3-10H2,1-2H3,(H,17,18)/t13-/m0/s1. The van der Waals surface area contributed by atoms with Gasteiger partial charge in [0.1, 0.15) is 6.04 Å². The summed E-state index contributed by atoms with van der Waals surface area (Å²) in [4.78, 5) is 16.1. The summed E-state index contributed by atoms with van der Waals surface area (Å²) in [6, 6.07) is 0.873. The average molecular weight is 254 g/mol. The number of carboxylic acids is 1. The summed E-state index contributed by atoms with van der Waals surface area (Å²) in [5, 5.41) is 9.33. The van der Waals surface area contributed by atoms with Crippen LogP contribution in [0.15, 0.2) is 0 Å². The van der Waals surface area contributed by atoms with Gasteiger partial charge in [-0.2, -0.15) is 0 Å². The van der Waals surface area contributed by atoms with Gasteiger partial charge in [0, 0.05) is 12.1 Å². The summed E-state index contributed by atoms with van der Waals surface area (Å²) in [5.74, 6) is -0.624. The van der Waals surface area contributed by atoms with Gasteiger partial charge in [0.05, 0.1) is 0 Å². The molecule has 0 saturated carbocycles. The lowest BCUT2D eigenvalue weighted by atomic mass is 9.94. The zero-order valence-corrected chi connectivity index (χ0v) is 11.6. The van der Waals surface area contributed by atoms with Gasteiger partial charge in [-0.1, -0.05) is 6.42 Å². The molecule has 0 aromatic heterocycles. The van der Waals surface area contributed by atoms with Crippen molar-refractivity contribution in [3.05, 3.63) is 0 Å². The number of nitrogens with zero attached hydrogens (tertiary/aromatic N) is 2. The molecule has 4 heteroatoms. The van der Waals surface area contributed by atoms with E-state index in [0.717, 1.165) is 51.7 Å². The molecule has 2 heterocycles. The highest BCUT2D eigenvalue weighted by Gasteiger charge is 2.35. The minimum atomic E-state index is -0.624. The number of hydrogen-bond donors (Lipinski definition) is 1. The van der Waals surface area contributed by atoms with Crippen LogP contribution in [0, 0.1) is 0 Å². The van der Waals surface area contributed by atoms with Crippen molar-refractivity contribution in [2.45, 2.75) is 64.1 Å². The molecule has 2 fully saturated rings. The predicted octanol–water partition coefficient (Wildman–Crippen LogP) is 1.80. The Kier molecular flexibility index (Phi) is 4.62. The monoisotopic (exact) mass is 254 g/mol. The van der Waals surface area contributed by atoms with Crippen molar-refractivity contribution < 1.29 is 9.90 Å². The Hall–Kier alpha value is -0.610. The number of rotatable bonds is 3. The van der Waals surface area contributed by atoms with Gasteiger partial charge in [-0.15, -0.1) is 0 Å². The third kappa shape index (κ3) is 3.04. The summed E-state index contributed by atoms with van der Waals surface area (Å²) in [6.07, 6.45) is 5.32. The summed E-state index contributed by atoms with van der Waals surface area (Å²) in [5.41, 5.74) is 0. The van der Waals surface area contributed by atoms with E-state index in [2.05, 4.69) is 23.6 Å². The molecule has 0 aromatic rings. The molecule has 0 radical (unpaired) electrons. The molecule has 0 aliphatic carbocycles. The van der Waals surface area contributed by atoms with Crippen molar-refractivity contribution in [3.8, 4) is 0 Å². The van der Waals surface area contributed by atoms with E-state index in [1.165, 1.54) is 0 Å². The zero-order chi connectivity index (χ0) is 13.1. The van der Waals surface area contributed by atoms with Gasteiger partial charge in [0.25, 0.3) is 0 Å². The minimum Gasteiger partial charge on any atom is -0.480 e. The van der Waals surface area contributed by atoms with Crippen molar-refractivity contribution in [3.63, 3.8) is 0 Å². The Morgan fingerprint density at radius 1 is 1.11 bits per heavy atom. The second kappa shape index (κ2) is 6.02. The van der Waals surface area contributed by atoms with Crippen molar-refractivity contribution >= 4 is 5.97 Å². The first-order valence-electron chi connectivity index (χ1n) is 7.32. The lowest BCUT2D eigenvalue weighted by Gasteiger charge is -2.44. The van der Waals surface area contributed by atoms with Crippen LogP contribution in [0.2, 0.25) is 0 Å². The Morgan fingerprint density at radius 2 is 1.78 bits per heavy atom. The quantitative estimate of drug-likeness (QED) is 0.834. The summed E-state index contributed by atoms with van der Waals surface area (Å²) in [6.45, 7) is 7.68. The van der Waals surface area contributed by atoms with E-state index in [1.54, 1.807) is 0 Å². The van der Waals surface area contributed by atoms with E-state index in [9.17, 15) is 9.90 Å². The molecule has 0 aromatic carbocycles. The van der Waals surface area contributed by atoms with Crippen molar-refractivity contribution in [1.82, 2.24) is 9.80 Å². The normalized spacial score (nSPS) is 28.7. The second-order valence-electron chi connectivity index (χ2n) is 5.95. The maximum Gasteiger partial charge on any atom is 0.320 e. The van der Waals surface area contributed by atoms with Crippen LogP contribution in [0.25, 0.3) is 0 Å². The molecule has 0 spiro atoms. The maximum atomic E-state index is 11.3. The van der Waals surface area contributed by atoms with Gasteiger partial charge in [-0.05, 0) is 59.2 Å². The molecule has 1 atom stereocenters. The molecule has 0 bridgehead atoms. The number of aliphatic carboxylic acids is 1. The van der Waals surface area contributed by atoms with E-state index in [-0.39, 0.29) is 6.04 Å². The highest BCUT2D eigenvalue weighted by atomic mass is 16.4. The zero-order valence-electron chi connectivity index (χ0n) is 11.6. The van der Waals surface area contributed by atoms with Crippen molar-refractivity contribution in [1.29, 1.82) is 0 Å². The Labute approximate surface area is 110 Å². The topological polar surface area (TPSA) is 43.8 Å². The van der Waals surface area contributed by atoms with Crippen LogP contribution < -0.4 is 0 Å². The van der Waals surface area contributed by atoms with E-state index < -0.39 is 5.97 Å². The minimum absolute atomic E-state index is 0.227. The van der Waals surface area contributed by atoms with Gasteiger partial charge in [0.15, 0.2) is 0 Å². The SMILES string of the molecule is CC(C)N1CCC(N2CCCC[C@H]2C(=O)O)CC1. The first-order chi connectivity index (χ1) is 8.59. The van der Waals surface area contributed by atoms with Crippen LogP contribution in [-0.4, -0.2) is 58.6 Å². The average Bonchev–Trinajstić information content (AvgIpc) is 2.39. The van der Waals surface area contributed by atoms with E-state index >= 15 is 0 Å². The van der Waals surface area contributed by atoms with Crippen LogP contribution in [0.5, 0.6) is 0 Å². The molecule has 2 saturated heterocycles. The molecule has 2 aliphatic rings. The third-order valence-corrected chi connectivity index (χ3v) is 4.53. The maximum absolute atomic E-state index is 11.3. The number of carbonyl (C=O) groups is 1. The number of piperidine rings is 2. The van der Waals surface area contributed by atoms with Gasteiger partial charge in [0.2, 0.25) is 0 Å². The van der Waals surface area contributed by atoms with E-state index in [1.807, 2.05) is 0 Å². The lowest BCUT2D eigenvalue weighted by Crippen LogP contribution is -2.54. The first-order valence-corrected chi connectivity index (χ1v) is 7.32. The fraction of sp³-hybridized carbons (Fsp3) is 0.929. The van der Waals surface area contributed by atoms with Gasteiger partial charge in [-0.25, -0.2) is 0 Å². The van der Waals surface area contributed by atoms with Crippen LogP contribution in [0.4, 0.5) is 0 Å². The van der Waals surface area contributed by atoms with Crippen LogP contribution in [-0.2, 0) is 4.79 Å². The van der Waals surface area contributed by atoms with Crippen molar-refractivity contribution in [2.75, 3.05) is 19.6 Å². The molecule has 0 unspecified atom stereocenters. The molecule has 1 N–H and O–H groups in total. The molecule has 104 valence electrons. The lowest BCUT2D eigenvalue weighted by molar-refractivity contribution is -0.146. The van der Waals surface area contributed by atoms with Crippen LogP contribution >= 0.6 is 0 Å². The van der Waals surface area contributed by atoms with Gasteiger partial charge >= 0.3 is 5.97 Å². The smallest absolute Gasteiger partial charge is 0.320 e. The number of hydrogen-bond acceptors (Lipinski definition) is 3. The molecular weight excluding hydrogens is 228 g/mol. The Bertz CT molecular complexity index is 286. The molecule has 2 rings (SSSR count). The van der Waals surface area contributed by atoms with Gasteiger partial charge < -0.3 is 10.0 Å². The van der Waals surface area contributed by atoms with Crippen LogP contribution in [0.1, 0.15) is 46.0 Å². The molecule has 0 amide bonds. The van der Waals surface area contributed by atoms with Crippen molar-refractivity contribution in [2.24, 2.45) is 0 Å². The highest BCUT2D eigenvalue weighted by molar-refractivity contribution is 5.73. The summed E-state index contributed by atoms with van der Waals surface area (Å²) < 4.78 is 0. The van der Waals surface area contributed by atoms with E-state index in [4.69, 9.17) is 0 Å². The molecular formula is C14H26N2O2. The Balaban J connectivity index is 1.93. The predicted molar refractivity (Wildman–Crippen MR) is 71.7 cm³/mol. The first kappa shape index (κ1) is 13.8. The number of carboxylic acid groups (broad SMARTS) is 1. The molecule has 18 heavy (non-hydrogen) atoms. The second-order valence-corrected chi connectivity index (χ2v) is 5.95. The van der Waals surface area contributed by atoms with Gasteiger partial charge in [-0.3, -0.25) is 9.69 Å². The summed E-state index contributed by atoms with van der Waals surface area (Å²) >= 11 is 0. The number of likely N-dealkylation sites (tertiary alicyclic amines) is 2. The van der Waals surface area contributed by atoms with Crippen LogP contribution in [0.3, 0.4) is 0 Å². The molecule has 2 aliphatic heterocycles.